The third-order valence-electron chi connectivity index (χ3n) is 2.63. The molecule has 2 rings (SSSR count). The number of rotatable bonds is 2. The molecule has 0 amide bonds. The van der Waals surface area contributed by atoms with E-state index in [4.69, 9.17) is 5.84 Å². The van der Waals surface area contributed by atoms with Gasteiger partial charge in [0.05, 0.1) is 0 Å². The number of nitrogen functional groups attached to an aromatic ring is 1. The lowest BCUT2D eigenvalue weighted by Gasteiger charge is -2.09. The van der Waals surface area contributed by atoms with Gasteiger partial charge in [-0.2, -0.15) is 0 Å². The molecular weight excluding hydrogens is 216 g/mol. The Labute approximate surface area is 99.3 Å². The van der Waals surface area contributed by atoms with Crippen LogP contribution >= 0.6 is 0 Å². The summed E-state index contributed by atoms with van der Waals surface area (Å²) in [5.74, 6) is 6.73. The van der Waals surface area contributed by atoms with Crippen LogP contribution in [-0.2, 0) is 0 Å². The maximum atomic E-state index is 9.43. The second-order valence-corrected chi connectivity index (χ2v) is 3.80. The zero-order valence-electron chi connectivity index (χ0n) is 9.73. The smallest absolute Gasteiger partial charge is 0.161 e. The molecule has 5 heteroatoms. The number of hydrogen-bond donors (Lipinski definition) is 3. The lowest BCUT2D eigenvalue weighted by molar-refractivity contribution is 0.475. The van der Waals surface area contributed by atoms with Crippen LogP contribution in [0, 0.1) is 13.8 Å². The fraction of sp³-hybridized carbons (Fsp3) is 0.167. The molecule has 1 heterocycles. The summed E-state index contributed by atoms with van der Waals surface area (Å²) >= 11 is 0. The van der Waals surface area contributed by atoms with Crippen molar-refractivity contribution in [2.75, 3.05) is 5.43 Å². The molecule has 17 heavy (non-hydrogen) atoms. The highest BCUT2D eigenvalue weighted by atomic mass is 16.3. The molecule has 0 fully saturated rings. The van der Waals surface area contributed by atoms with Gasteiger partial charge in [-0.25, -0.2) is 15.8 Å². The predicted molar refractivity (Wildman–Crippen MR) is 66.4 cm³/mol. The predicted octanol–water partition coefficient (Wildman–Crippen LogP) is 1.75. The van der Waals surface area contributed by atoms with Crippen molar-refractivity contribution in [2.45, 2.75) is 13.8 Å². The quantitative estimate of drug-likeness (QED) is 0.540. The van der Waals surface area contributed by atoms with Crippen LogP contribution < -0.4 is 11.3 Å². The molecule has 1 aromatic carbocycles. The molecule has 0 radical (unpaired) electrons. The van der Waals surface area contributed by atoms with Gasteiger partial charge in [0.2, 0.25) is 0 Å². The fourth-order valence-electron chi connectivity index (χ4n) is 1.54. The van der Waals surface area contributed by atoms with E-state index in [0.29, 0.717) is 11.6 Å². The highest BCUT2D eigenvalue weighted by Crippen LogP contribution is 2.23. The van der Waals surface area contributed by atoms with Crippen LogP contribution in [0.4, 0.5) is 5.82 Å². The minimum absolute atomic E-state index is 0.187. The van der Waals surface area contributed by atoms with Crippen molar-refractivity contribution in [1.82, 2.24) is 9.97 Å². The Morgan fingerprint density at radius 1 is 1.24 bits per heavy atom. The van der Waals surface area contributed by atoms with Gasteiger partial charge in [0, 0.05) is 16.8 Å². The van der Waals surface area contributed by atoms with Gasteiger partial charge in [-0.3, -0.25) is 0 Å². The van der Waals surface area contributed by atoms with E-state index in [9.17, 15) is 5.11 Å². The van der Waals surface area contributed by atoms with Gasteiger partial charge >= 0.3 is 0 Å². The summed E-state index contributed by atoms with van der Waals surface area (Å²) < 4.78 is 0. The van der Waals surface area contributed by atoms with E-state index in [1.807, 2.05) is 19.9 Å². The SMILES string of the molecule is Cc1nc(-c2cccc(O)c2)nc(NN)c1C. The van der Waals surface area contributed by atoms with E-state index in [2.05, 4.69) is 15.4 Å². The number of hydrogen-bond acceptors (Lipinski definition) is 5. The Balaban J connectivity index is 2.56. The number of nitrogens with two attached hydrogens (primary N) is 1. The normalized spacial score (nSPS) is 10.3. The Bertz CT molecular complexity index is 554. The summed E-state index contributed by atoms with van der Waals surface area (Å²) in [5, 5.41) is 9.43. The van der Waals surface area contributed by atoms with Crippen LogP contribution in [-0.4, -0.2) is 15.1 Å². The highest BCUT2D eigenvalue weighted by Gasteiger charge is 2.08. The first-order valence-corrected chi connectivity index (χ1v) is 5.23. The molecule has 0 saturated heterocycles. The molecule has 0 aliphatic heterocycles. The monoisotopic (exact) mass is 230 g/mol. The first-order valence-electron chi connectivity index (χ1n) is 5.23. The second-order valence-electron chi connectivity index (χ2n) is 3.80. The zero-order valence-corrected chi connectivity index (χ0v) is 9.73. The Morgan fingerprint density at radius 3 is 2.65 bits per heavy atom. The molecule has 1 aromatic heterocycles. The molecule has 0 bridgehead atoms. The summed E-state index contributed by atoms with van der Waals surface area (Å²) in [4.78, 5) is 8.68. The van der Waals surface area contributed by atoms with Crippen LogP contribution in [0.5, 0.6) is 5.75 Å². The van der Waals surface area contributed by atoms with Crippen LogP contribution in [0.2, 0.25) is 0 Å². The number of nitrogens with one attached hydrogen (secondary N) is 1. The van der Waals surface area contributed by atoms with Crippen LogP contribution in [0.1, 0.15) is 11.3 Å². The molecule has 0 aliphatic carbocycles. The van der Waals surface area contributed by atoms with Gasteiger partial charge in [-0.1, -0.05) is 12.1 Å². The number of anilines is 1. The number of phenols is 1. The minimum atomic E-state index is 0.187. The fourth-order valence-corrected chi connectivity index (χ4v) is 1.54. The number of benzene rings is 1. The van der Waals surface area contributed by atoms with Crippen molar-refractivity contribution < 1.29 is 5.11 Å². The molecular formula is C12H14N4O. The summed E-state index contributed by atoms with van der Waals surface area (Å²) in [5.41, 5.74) is 5.07. The topological polar surface area (TPSA) is 84.1 Å². The first-order chi connectivity index (χ1) is 8.11. The largest absolute Gasteiger partial charge is 0.508 e. The van der Waals surface area contributed by atoms with Gasteiger partial charge in [-0.05, 0) is 26.0 Å². The molecule has 0 saturated carbocycles. The average Bonchev–Trinajstić information content (AvgIpc) is 2.32. The molecule has 88 valence electrons. The summed E-state index contributed by atoms with van der Waals surface area (Å²) in [7, 11) is 0. The van der Waals surface area contributed by atoms with Gasteiger partial charge in [-0.15, -0.1) is 0 Å². The number of aryl methyl sites for hydroxylation is 1. The molecule has 5 nitrogen and oxygen atoms in total. The van der Waals surface area contributed by atoms with Crippen LogP contribution in [0.25, 0.3) is 11.4 Å². The van der Waals surface area contributed by atoms with Crippen molar-refractivity contribution in [3.8, 4) is 17.1 Å². The summed E-state index contributed by atoms with van der Waals surface area (Å²) in [6, 6.07) is 6.81. The standard InChI is InChI=1S/C12H14N4O/c1-7-8(2)14-12(15-11(7)16-13)9-4-3-5-10(17)6-9/h3-6,17H,13H2,1-2H3,(H,14,15,16). The highest BCUT2D eigenvalue weighted by molar-refractivity contribution is 5.61. The second kappa shape index (κ2) is 4.39. The Morgan fingerprint density at radius 2 is 2.00 bits per heavy atom. The summed E-state index contributed by atoms with van der Waals surface area (Å²) in [6.07, 6.45) is 0. The molecule has 0 aliphatic rings. The van der Waals surface area contributed by atoms with Crippen molar-refractivity contribution >= 4 is 5.82 Å². The lowest BCUT2D eigenvalue weighted by Crippen LogP contribution is -2.12. The lowest BCUT2D eigenvalue weighted by atomic mass is 10.2. The Hall–Kier alpha value is -2.14. The molecule has 4 N–H and O–H groups in total. The number of aromatic hydroxyl groups is 1. The van der Waals surface area contributed by atoms with Gasteiger partial charge in [0.1, 0.15) is 11.6 Å². The molecule has 0 unspecified atom stereocenters. The molecule has 0 spiro atoms. The zero-order chi connectivity index (χ0) is 12.4. The first kappa shape index (κ1) is 11.3. The average molecular weight is 230 g/mol. The van der Waals surface area contributed by atoms with Gasteiger partial charge < -0.3 is 10.5 Å². The number of hydrazine groups is 1. The van der Waals surface area contributed by atoms with E-state index in [0.717, 1.165) is 16.8 Å². The van der Waals surface area contributed by atoms with E-state index >= 15 is 0 Å². The van der Waals surface area contributed by atoms with Crippen LogP contribution in [0.15, 0.2) is 24.3 Å². The molecule has 0 atom stereocenters. The van der Waals surface area contributed by atoms with E-state index in [-0.39, 0.29) is 5.75 Å². The third kappa shape index (κ3) is 2.19. The van der Waals surface area contributed by atoms with E-state index in [1.165, 1.54) is 0 Å². The number of phenolic OH excluding ortho intramolecular Hbond substituents is 1. The van der Waals surface area contributed by atoms with E-state index < -0.39 is 0 Å². The van der Waals surface area contributed by atoms with Gasteiger partial charge in [0.25, 0.3) is 0 Å². The summed E-state index contributed by atoms with van der Waals surface area (Å²) in [6.45, 7) is 3.79. The third-order valence-corrected chi connectivity index (χ3v) is 2.63. The molecule has 2 aromatic rings. The number of nitrogens with zero attached hydrogens (tertiary/aromatic N) is 2. The van der Waals surface area contributed by atoms with Crippen molar-refractivity contribution in [2.24, 2.45) is 5.84 Å². The van der Waals surface area contributed by atoms with Crippen molar-refractivity contribution in [3.05, 3.63) is 35.5 Å². The maximum Gasteiger partial charge on any atom is 0.161 e. The number of aromatic nitrogens is 2. The van der Waals surface area contributed by atoms with Gasteiger partial charge in [0.15, 0.2) is 5.82 Å². The van der Waals surface area contributed by atoms with Crippen molar-refractivity contribution in [3.63, 3.8) is 0 Å². The van der Waals surface area contributed by atoms with Crippen LogP contribution in [0.3, 0.4) is 0 Å². The minimum Gasteiger partial charge on any atom is -0.508 e. The Kier molecular flexibility index (Phi) is 2.93. The maximum absolute atomic E-state index is 9.43. The van der Waals surface area contributed by atoms with Crippen molar-refractivity contribution in [1.29, 1.82) is 0 Å². The van der Waals surface area contributed by atoms with E-state index in [1.54, 1.807) is 18.2 Å².